The Morgan fingerprint density at radius 1 is 1.33 bits per heavy atom. The van der Waals surface area contributed by atoms with E-state index < -0.39 is 0 Å². The molecule has 0 unspecified atom stereocenters. The molecule has 1 aliphatic heterocycles. The lowest BCUT2D eigenvalue weighted by atomic mass is 10.2. The molecule has 21 heavy (non-hydrogen) atoms. The van der Waals surface area contributed by atoms with E-state index in [-0.39, 0.29) is 5.97 Å². The van der Waals surface area contributed by atoms with E-state index in [0.717, 1.165) is 5.69 Å². The molecule has 0 saturated carbocycles. The number of rotatable bonds is 6. The number of esters is 1. The lowest BCUT2D eigenvalue weighted by Crippen LogP contribution is -2.24. The van der Waals surface area contributed by atoms with Gasteiger partial charge in [-0.15, -0.1) is 23.5 Å². The van der Waals surface area contributed by atoms with Crippen LogP contribution in [0.15, 0.2) is 36.4 Å². The van der Waals surface area contributed by atoms with Crippen LogP contribution < -0.4 is 4.90 Å². The topological polar surface area (TPSA) is 29.5 Å². The Morgan fingerprint density at radius 2 is 1.95 bits per heavy atom. The zero-order valence-electron chi connectivity index (χ0n) is 12.5. The Labute approximate surface area is 135 Å². The lowest BCUT2D eigenvalue weighted by molar-refractivity contribution is -0.138. The summed E-state index contributed by atoms with van der Waals surface area (Å²) in [5.74, 6) is 2.16. The number of thioether (sulfide) groups is 2. The van der Waals surface area contributed by atoms with Crippen LogP contribution in [0.25, 0.3) is 0 Å². The molecule has 0 bridgehead atoms. The van der Waals surface area contributed by atoms with Crippen molar-refractivity contribution in [3.05, 3.63) is 42.0 Å². The lowest BCUT2D eigenvalue weighted by Gasteiger charge is -2.20. The fourth-order valence-corrected chi connectivity index (χ4v) is 4.82. The van der Waals surface area contributed by atoms with Gasteiger partial charge >= 0.3 is 5.97 Å². The van der Waals surface area contributed by atoms with Crippen molar-refractivity contribution >= 4 is 35.2 Å². The fourth-order valence-electron chi connectivity index (χ4n) is 1.96. The minimum Gasteiger partial charge on any atom is -0.460 e. The summed E-state index contributed by atoms with van der Waals surface area (Å²) in [6.45, 7) is 6.27. The maximum atomic E-state index is 11.3. The number of nitrogens with zero attached hydrogens (tertiary/aromatic N) is 1. The van der Waals surface area contributed by atoms with Gasteiger partial charge in [0.25, 0.3) is 0 Å². The Balaban J connectivity index is 1.83. The highest BCUT2D eigenvalue weighted by atomic mass is 32.2. The summed E-state index contributed by atoms with van der Waals surface area (Å²) in [5, 5.41) is 0. The molecule has 0 aliphatic carbocycles. The molecule has 0 atom stereocenters. The smallest absolute Gasteiger partial charge is 0.333 e. The zero-order valence-corrected chi connectivity index (χ0v) is 14.1. The first-order valence-corrected chi connectivity index (χ1v) is 9.04. The zero-order chi connectivity index (χ0) is 15.2. The standard InChI is InChI=1S/C16H21NO2S2/c1-12(2)15(18)19-9-8-17(3)14-6-4-13(5-7-14)16-20-10-11-21-16/h4-7,16H,1,8-11H2,2-3H3. The van der Waals surface area contributed by atoms with Gasteiger partial charge < -0.3 is 9.64 Å². The van der Waals surface area contributed by atoms with Gasteiger partial charge in [0.05, 0.1) is 11.1 Å². The normalized spacial score (nSPS) is 15.0. The van der Waals surface area contributed by atoms with Crippen LogP contribution in [0, 0.1) is 0 Å². The molecule has 114 valence electrons. The maximum Gasteiger partial charge on any atom is 0.333 e. The van der Waals surface area contributed by atoms with Crippen molar-refractivity contribution in [2.24, 2.45) is 0 Å². The van der Waals surface area contributed by atoms with E-state index in [2.05, 4.69) is 35.7 Å². The summed E-state index contributed by atoms with van der Waals surface area (Å²) >= 11 is 4.03. The van der Waals surface area contributed by atoms with Crippen LogP contribution in [0.4, 0.5) is 5.69 Å². The number of hydrogen-bond acceptors (Lipinski definition) is 5. The average molecular weight is 323 g/mol. The number of benzene rings is 1. The van der Waals surface area contributed by atoms with Crippen molar-refractivity contribution in [1.29, 1.82) is 0 Å². The van der Waals surface area contributed by atoms with E-state index in [0.29, 0.717) is 23.3 Å². The Kier molecular flexibility index (Phi) is 6.06. The van der Waals surface area contributed by atoms with E-state index in [9.17, 15) is 4.79 Å². The predicted molar refractivity (Wildman–Crippen MR) is 93.1 cm³/mol. The van der Waals surface area contributed by atoms with Crippen molar-refractivity contribution in [2.45, 2.75) is 11.5 Å². The van der Waals surface area contributed by atoms with Gasteiger partial charge in [-0.25, -0.2) is 4.79 Å². The number of anilines is 1. The minimum absolute atomic E-state index is 0.325. The molecule has 0 radical (unpaired) electrons. The molecule has 3 nitrogen and oxygen atoms in total. The Hall–Kier alpha value is -1.07. The van der Waals surface area contributed by atoms with E-state index in [1.165, 1.54) is 17.1 Å². The Morgan fingerprint density at radius 3 is 2.52 bits per heavy atom. The summed E-state index contributed by atoms with van der Waals surface area (Å²) in [6.07, 6.45) is 0. The number of carbonyl (C=O) groups excluding carboxylic acids is 1. The van der Waals surface area contributed by atoms with Gasteiger partial charge in [0, 0.05) is 29.8 Å². The first-order valence-electron chi connectivity index (χ1n) is 6.95. The van der Waals surface area contributed by atoms with E-state index >= 15 is 0 Å². The van der Waals surface area contributed by atoms with Crippen molar-refractivity contribution in [2.75, 3.05) is 36.6 Å². The molecular formula is C16H21NO2S2. The number of ether oxygens (including phenoxy) is 1. The molecule has 0 aromatic heterocycles. The van der Waals surface area contributed by atoms with E-state index in [4.69, 9.17) is 4.74 Å². The second kappa shape index (κ2) is 7.80. The molecule has 1 aromatic rings. The van der Waals surface area contributed by atoms with Crippen LogP contribution in [-0.4, -0.2) is 37.7 Å². The average Bonchev–Trinajstić information content (AvgIpc) is 3.01. The van der Waals surface area contributed by atoms with Gasteiger partial charge in [-0.1, -0.05) is 18.7 Å². The maximum absolute atomic E-state index is 11.3. The SMILES string of the molecule is C=C(C)C(=O)OCCN(C)c1ccc(C2SCCS2)cc1. The molecular weight excluding hydrogens is 302 g/mol. The second-order valence-electron chi connectivity index (χ2n) is 5.00. The van der Waals surface area contributed by atoms with Crippen LogP contribution >= 0.6 is 23.5 Å². The molecule has 0 amide bonds. The number of carbonyl (C=O) groups is 1. The molecule has 2 rings (SSSR count). The highest BCUT2D eigenvalue weighted by molar-refractivity contribution is 8.19. The van der Waals surface area contributed by atoms with Gasteiger partial charge in [-0.2, -0.15) is 0 Å². The number of likely N-dealkylation sites (N-methyl/N-ethyl adjacent to an activating group) is 1. The van der Waals surface area contributed by atoms with Crippen LogP contribution in [-0.2, 0) is 9.53 Å². The van der Waals surface area contributed by atoms with Crippen molar-refractivity contribution in [1.82, 2.24) is 0 Å². The first-order chi connectivity index (χ1) is 10.1. The summed E-state index contributed by atoms with van der Waals surface area (Å²) in [4.78, 5) is 13.4. The van der Waals surface area contributed by atoms with Crippen LogP contribution in [0.1, 0.15) is 17.1 Å². The molecule has 1 saturated heterocycles. The molecule has 0 N–H and O–H groups in total. The van der Waals surface area contributed by atoms with Gasteiger partial charge in [0.2, 0.25) is 0 Å². The van der Waals surface area contributed by atoms with Crippen molar-refractivity contribution in [3.63, 3.8) is 0 Å². The van der Waals surface area contributed by atoms with Gasteiger partial charge in [-0.3, -0.25) is 0 Å². The predicted octanol–water partition coefficient (Wildman–Crippen LogP) is 3.72. The van der Waals surface area contributed by atoms with E-state index in [1.807, 2.05) is 30.6 Å². The first kappa shape index (κ1) is 16.3. The highest BCUT2D eigenvalue weighted by Crippen LogP contribution is 2.45. The van der Waals surface area contributed by atoms with Crippen LogP contribution in [0.3, 0.4) is 0 Å². The molecule has 1 aliphatic rings. The monoisotopic (exact) mass is 323 g/mol. The van der Waals surface area contributed by atoms with Crippen molar-refractivity contribution < 1.29 is 9.53 Å². The molecule has 1 heterocycles. The van der Waals surface area contributed by atoms with Crippen molar-refractivity contribution in [3.8, 4) is 0 Å². The second-order valence-corrected chi connectivity index (χ2v) is 7.73. The summed E-state index contributed by atoms with van der Waals surface area (Å²) in [7, 11) is 2.00. The summed E-state index contributed by atoms with van der Waals surface area (Å²) in [5.41, 5.74) is 2.96. The molecule has 1 fully saturated rings. The Bertz CT molecular complexity index is 496. The van der Waals surface area contributed by atoms with E-state index in [1.54, 1.807) is 6.92 Å². The van der Waals surface area contributed by atoms with Gasteiger partial charge in [0.15, 0.2) is 0 Å². The quantitative estimate of drug-likeness (QED) is 0.588. The fraction of sp³-hybridized carbons (Fsp3) is 0.438. The van der Waals surface area contributed by atoms with Crippen LogP contribution in [0.2, 0.25) is 0 Å². The minimum atomic E-state index is -0.325. The third-order valence-corrected chi connectivity index (χ3v) is 6.34. The molecule has 1 aromatic carbocycles. The largest absolute Gasteiger partial charge is 0.460 e. The molecule has 0 spiro atoms. The van der Waals surface area contributed by atoms with Crippen LogP contribution in [0.5, 0.6) is 0 Å². The summed E-state index contributed by atoms with van der Waals surface area (Å²) in [6, 6.07) is 8.66. The summed E-state index contributed by atoms with van der Waals surface area (Å²) < 4.78 is 5.70. The van der Waals surface area contributed by atoms with Gasteiger partial charge in [0.1, 0.15) is 6.61 Å². The third kappa shape index (κ3) is 4.71. The molecule has 5 heteroatoms. The van der Waals surface area contributed by atoms with Gasteiger partial charge in [-0.05, 0) is 24.6 Å². The number of hydrogen-bond donors (Lipinski definition) is 0. The third-order valence-electron chi connectivity index (χ3n) is 3.24. The highest BCUT2D eigenvalue weighted by Gasteiger charge is 2.18.